The number of carbonyl (C=O) groups is 3. The molecular weight excluding hydrogens is 681 g/mol. The number of alkyl halides is 1. The predicted octanol–water partition coefficient (Wildman–Crippen LogP) is 0.679. The smallest absolute Gasteiger partial charge is 0.353 e. The Balaban J connectivity index is 1.52. The van der Waals surface area contributed by atoms with E-state index in [-0.39, 0.29) is 39.2 Å². The number of hydrogen-bond donors (Lipinski definition) is 6. The van der Waals surface area contributed by atoms with Crippen LogP contribution in [-0.2, 0) is 19.2 Å². The number of anilines is 1. The minimum atomic E-state index is -1.32. The number of rotatable bonds is 14. The van der Waals surface area contributed by atoms with Crippen molar-refractivity contribution in [1.82, 2.24) is 20.2 Å². The number of carboxylic acid groups (broad SMARTS) is 1. The van der Waals surface area contributed by atoms with E-state index in [4.69, 9.17) is 33.6 Å². The minimum absolute atomic E-state index is 0.0309. The van der Waals surface area contributed by atoms with Crippen LogP contribution in [0.3, 0.4) is 0 Å². The third-order valence-electron chi connectivity index (χ3n) is 5.74. The van der Waals surface area contributed by atoms with Gasteiger partial charge in [-0.05, 0) is 6.07 Å². The number of oxime groups is 1. The van der Waals surface area contributed by atoms with Gasteiger partial charge >= 0.3 is 5.97 Å². The SMILES string of the molecule is NC(N)=NC(CO)CSc1cnccc1SC1=C(C(=O)O)N2C(=O)[C@@H](NC(=O)/C(=N\OCCF)c3nc(N)sc3Cl)[C@H]2SC1. The number of aliphatic imine (C=N–C) groups is 1. The number of carboxylic acids is 1. The second-order valence-corrected chi connectivity index (χ2v) is 13.6. The molecule has 4 rings (SSSR count). The molecule has 21 heteroatoms. The first-order valence-electron chi connectivity index (χ1n) is 12.4. The van der Waals surface area contributed by atoms with Crippen LogP contribution in [0.5, 0.6) is 0 Å². The van der Waals surface area contributed by atoms with Crippen LogP contribution in [0.1, 0.15) is 5.69 Å². The molecule has 3 atom stereocenters. The lowest BCUT2D eigenvalue weighted by Crippen LogP contribution is -2.71. The topological polar surface area (TPSA) is 245 Å². The Morgan fingerprint density at radius 3 is 2.77 bits per heavy atom. The molecule has 2 aromatic heterocycles. The molecule has 4 heterocycles. The van der Waals surface area contributed by atoms with Crippen molar-refractivity contribution >= 4 is 92.8 Å². The van der Waals surface area contributed by atoms with E-state index in [1.807, 2.05) is 0 Å². The number of thiazole rings is 1. The van der Waals surface area contributed by atoms with Gasteiger partial charge in [-0.1, -0.05) is 39.9 Å². The Morgan fingerprint density at radius 1 is 1.36 bits per heavy atom. The molecule has 2 aliphatic rings. The summed E-state index contributed by atoms with van der Waals surface area (Å²) in [6.07, 6.45) is 3.14. The minimum Gasteiger partial charge on any atom is -0.477 e. The van der Waals surface area contributed by atoms with E-state index in [1.165, 1.54) is 23.5 Å². The Labute approximate surface area is 270 Å². The number of fused-ring (bicyclic) bond motifs is 1. The number of guanidine groups is 1. The second kappa shape index (κ2) is 15.1. The first kappa shape index (κ1) is 33.6. The van der Waals surface area contributed by atoms with Crippen molar-refractivity contribution in [3.8, 4) is 0 Å². The number of thioether (sulfide) groups is 3. The molecule has 2 aromatic rings. The number of aromatic nitrogens is 2. The maximum Gasteiger partial charge on any atom is 0.353 e. The quantitative estimate of drug-likeness (QED) is 0.0395. The highest BCUT2D eigenvalue weighted by Gasteiger charge is 2.54. The number of aliphatic carboxylic acids is 1. The summed E-state index contributed by atoms with van der Waals surface area (Å²) in [5.41, 5.74) is 15.8. The molecular formula is C23H25ClFN9O6S4. The Morgan fingerprint density at radius 2 is 2.14 bits per heavy atom. The Bertz CT molecular complexity index is 1520. The lowest BCUT2D eigenvalue weighted by molar-refractivity contribution is -0.150. The third-order valence-corrected chi connectivity index (χ3v) is 10.8. The molecule has 0 aliphatic carbocycles. The maximum atomic E-state index is 13.2. The molecule has 0 radical (unpaired) electrons. The summed E-state index contributed by atoms with van der Waals surface area (Å²) in [6, 6.07) is 0.0411. The van der Waals surface area contributed by atoms with Crippen LogP contribution in [0.2, 0.25) is 4.34 Å². The Kier molecular flexibility index (Phi) is 11.5. The molecule has 9 N–H and O–H groups in total. The van der Waals surface area contributed by atoms with Crippen LogP contribution in [0.25, 0.3) is 0 Å². The third kappa shape index (κ3) is 7.67. The van der Waals surface area contributed by atoms with Crippen LogP contribution in [0.4, 0.5) is 9.52 Å². The molecule has 44 heavy (non-hydrogen) atoms. The van der Waals surface area contributed by atoms with E-state index in [0.717, 1.165) is 28.0 Å². The molecule has 0 saturated carbocycles. The summed E-state index contributed by atoms with van der Waals surface area (Å²) in [5.74, 6) is -2.50. The summed E-state index contributed by atoms with van der Waals surface area (Å²) in [4.78, 5) is 58.6. The van der Waals surface area contributed by atoms with E-state index >= 15 is 0 Å². The molecule has 2 aliphatic heterocycles. The zero-order chi connectivity index (χ0) is 32.0. The van der Waals surface area contributed by atoms with Gasteiger partial charge in [0.25, 0.3) is 11.8 Å². The second-order valence-electron chi connectivity index (χ2n) is 8.70. The van der Waals surface area contributed by atoms with Crippen molar-refractivity contribution < 1.29 is 33.8 Å². The number of aliphatic hydroxyl groups is 1. The summed E-state index contributed by atoms with van der Waals surface area (Å²) in [7, 11) is 0. The number of halogens is 2. The van der Waals surface area contributed by atoms with E-state index in [2.05, 4.69) is 25.4 Å². The predicted molar refractivity (Wildman–Crippen MR) is 167 cm³/mol. The number of β-lactam (4-membered cyclic amide) rings is 1. The van der Waals surface area contributed by atoms with Gasteiger partial charge in [-0.25, -0.2) is 19.2 Å². The summed E-state index contributed by atoms with van der Waals surface area (Å²) < 4.78 is 12.6. The molecule has 1 unspecified atom stereocenters. The fourth-order valence-corrected chi connectivity index (χ4v) is 8.49. The molecule has 1 fully saturated rings. The molecule has 15 nitrogen and oxygen atoms in total. The van der Waals surface area contributed by atoms with Gasteiger partial charge in [-0.15, -0.1) is 23.5 Å². The fraction of sp³-hybridized carbons (Fsp3) is 0.348. The summed E-state index contributed by atoms with van der Waals surface area (Å²) in [5, 5.41) is 25.1. The van der Waals surface area contributed by atoms with Crippen LogP contribution < -0.4 is 22.5 Å². The zero-order valence-electron chi connectivity index (χ0n) is 22.4. The lowest BCUT2D eigenvalue weighted by Gasteiger charge is -2.49. The van der Waals surface area contributed by atoms with Gasteiger partial charge in [-0.3, -0.25) is 19.5 Å². The molecule has 0 bridgehead atoms. The highest BCUT2D eigenvalue weighted by Crippen LogP contribution is 2.46. The van der Waals surface area contributed by atoms with E-state index in [9.17, 15) is 29.0 Å². The normalized spacial score (nSPS) is 18.8. The average molecular weight is 706 g/mol. The van der Waals surface area contributed by atoms with E-state index in [0.29, 0.717) is 20.4 Å². The number of nitrogens with two attached hydrogens (primary N) is 3. The first-order valence-corrected chi connectivity index (χ1v) is 16.4. The number of pyridine rings is 1. The summed E-state index contributed by atoms with van der Waals surface area (Å²) in [6.45, 7) is -1.59. The number of nitrogens with zero attached hydrogens (tertiary/aromatic N) is 5. The van der Waals surface area contributed by atoms with Crippen LogP contribution in [0.15, 0.2) is 49.0 Å². The van der Waals surface area contributed by atoms with Crippen molar-refractivity contribution in [2.45, 2.75) is 27.2 Å². The standard InChI is InChI=1S/C23H25ClFN9O6S4/c24-17-13(32-23(28)44-17)14(33-40-4-2-25)18(36)31-15-19(37)34-16(21(38)39)12(8-42-20(15)34)43-10-1-3-29-5-11(10)41-7-9(6-35)30-22(26)27/h1,3,5,9,15,20,35H,2,4,6-8H2,(H2,28,32)(H,31,36)(H,38,39)(H4,26,27,30)/b33-14-/t9?,15-,20-/m1/s1. The number of nitrogens with one attached hydrogen (secondary N) is 1. The van der Waals surface area contributed by atoms with E-state index < -0.39 is 54.2 Å². The van der Waals surface area contributed by atoms with Gasteiger partial charge in [0.05, 0.1) is 12.6 Å². The number of aliphatic hydroxyl groups excluding tert-OH is 1. The van der Waals surface area contributed by atoms with Crippen molar-refractivity contribution in [3.05, 3.63) is 39.1 Å². The largest absolute Gasteiger partial charge is 0.477 e. The van der Waals surface area contributed by atoms with Crippen LogP contribution >= 0.6 is 58.2 Å². The molecule has 1 saturated heterocycles. The van der Waals surface area contributed by atoms with Crippen molar-refractivity contribution in [1.29, 1.82) is 0 Å². The first-order chi connectivity index (χ1) is 21.0. The van der Waals surface area contributed by atoms with Gasteiger partial charge in [0, 0.05) is 38.6 Å². The molecule has 2 amide bonds. The van der Waals surface area contributed by atoms with Gasteiger partial charge in [0.15, 0.2) is 16.8 Å². The van der Waals surface area contributed by atoms with Crippen molar-refractivity contribution in [3.63, 3.8) is 0 Å². The Hall–Kier alpha value is -3.30. The number of hydrogen-bond acceptors (Lipinski definition) is 14. The lowest BCUT2D eigenvalue weighted by atomic mass is 10.0. The zero-order valence-corrected chi connectivity index (χ0v) is 26.4. The van der Waals surface area contributed by atoms with Gasteiger partial charge in [0.1, 0.15) is 40.4 Å². The number of carbonyl (C=O) groups excluding carboxylic acids is 2. The van der Waals surface area contributed by atoms with Gasteiger partial charge in [-0.2, -0.15) is 0 Å². The molecule has 0 spiro atoms. The number of amides is 2. The average Bonchev–Trinajstić information content (AvgIpc) is 3.32. The summed E-state index contributed by atoms with van der Waals surface area (Å²) >= 11 is 10.8. The highest BCUT2D eigenvalue weighted by molar-refractivity contribution is 8.07. The van der Waals surface area contributed by atoms with Crippen LogP contribution in [-0.4, -0.2) is 103 Å². The van der Waals surface area contributed by atoms with Crippen LogP contribution in [0, 0.1) is 0 Å². The fourth-order valence-electron chi connectivity index (χ4n) is 3.90. The monoisotopic (exact) mass is 705 g/mol. The molecule has 0 aromatic carbocycles. The van der Waals surface area contributed by atoms with E-state index in [1.54, 1.807) is 18.5 Å². The number of nitrogen functional groups attached to an aromatic ring is 1. The van der Waals surface area contributed by atoms with Crippen molar-refractivity contribution in [2.24, 2.45) is 21.6 Å². The highest BCUT2D eigenvalue weighted by atomic mass is 35.5. The van der Waals surface area contributed by atoms with Crippen molar-refractivity contribution in [2.75, 3.05) is 37.1 Å². The molecule has 236 valence electrons. The van der Waals surface area contributed by atoms with Gasteiger partial charge < -0.3 is 37.6 Å². The van der Waals surface area contributed by atoms with Gasteiger partial charge in [0.2, 0.25) is 0 Å². The maximum absolute atomic E-state index is 13.2.